The van der Waals surface area contributed by atoms with E-state index in [4.69, 9.17) is 9.47 Å². The maximum absolute atomic E-state index is 12.7. The van der Waals surface area contributed by atoms with Gasteiger partial charge in [-0.3, -0.25) is 9.69 Å². The Hall–Kier alpha value is -2.05. The molecule has 2 rings (SSSR count). The van der Waals surface area contributed by atoms with Crippen LogP contribution in [0.5, 0.6) is 0 Å². The lowest BCUT2D eigenvalue weighted by atomic mass is 10.1. The lowest BCUT2D eigenvalue weighted by Crippen LogP contribution is -2.53. The average Bonchev–Trinajstić information content (AvgIpc) is 3.00. The second-order valence-corrected chi connectivity index (χ2v) is 7.56. The Balaban J connectivity index is 2.07. The fourth-order valence-electron chi connectivity index (χ4n) is 3.14. The van der Waals surface area contributed by atoms with Gasteiger partial charge >= 0.3 is 12.1 Å². The maximum Gasteiger partial charge on any atom is 0.410 e. The van der Waals surface area contributed by atoms with E-state index in [-0.39, 0.29) is 18.4 Å². The highest BCUT2D eigenvalue weighted by atomic mass is 16.6. The molecule has 0 bridgehead atoms. The third kappa shape index (κ3) is 4.14. The number of rotatable bonds is 5. The highest BCUT2D eigenvalue weighted by Gasteiger charge is 2.61. The predicted molar refractivity (Wildman–Crippen MR) is 91.8 cm³/mol. The Bertz CT molecular complexity index is 568. The van der Waals surface area contributed by atoms with Crippen molar-refractivity contribution in [2.45, 2.75) is 64.1 Å². The molecule has 1 aliphatic heterocycles. The molecular weight excluding hydrogens is 324 g/mol. The Morgan fingerprint density at radius 3 is 2.56 bits per heavy atom. The molecule has 7 heteroatoms. The van der Waals surface area contributed by atoms with E-state index in [9.17, 15) is 14.4 Å². The summed E-state index contributed by atoms with van der Waals surface area (Å²) in [6.07, 6.45) is 2.88. The number of nitrogens with zero attached hydrogens (tertiary/aromatic N) is 1. The number of carbonyl (C=O) groups excluding carboxylic acids is 3. The molecule has 2 fully saturated rings. The number of hydrogen-bond donors (Lipinski definition) is 1. The topological polar surface area (TPSA) is 84.9 Å². The van der Waals surface area contributed by atoms with E-state index in [0.717, 1.165) is 0 Å². The van der Waals surface area contributed by atoms with Crippen LogP contribution in [0.4, 0.5) is 4.79 Å². The highest BCUT2D eigenvalue weighted by Crippen LogP contribution is 2.45. The second-order valence-electron chi connectivity index (χ2n) is 7.56. The van der Waals surface area contributed by atoms with Gasteiger partial charge in [-0.1, -0.05) is 6.08 Å². The van der Waals surface area contributed by atoms with Gasteiger partial charge in [0.25, 0.3) is 0 Å². The fraction of sp³-hybridized carbons (Fsp3) is 0.722. The zero-order valence-electron chi connectivity index (χ0n) is 15.5. The SMILES string of the molecule is C=C[C@@H]1C[C@]1(NC(=O)[C@@H]1CCCN1C(=O)OC(C)(C)C)C(=O)OCC. The fourth-order valence-corrected chi connectivity index (χ4v) is 3.14. The first-order chi connectivity index (χ1) is 11.6. The highest BCUT2D eigenvalue weighted by molar-refractivity contribution is 5.94. The van der Waals surface area contributed by atoms with Crippen LogP contribution in [0.3, 0.4) is 0 Å². The van der Waals surface area contributed by atoms with Crippen LogP contribution in [0.1, 0.15) is 47.0 Å². The molecule has 1 aliphatic carbocycles. The number of hydrogen-bond acceptors (Lipinski definition) is 5. The second kappa shape index (κ2) is 7.06. The first-order valence-corrected chi connectivity index (χ1v) is 8.76. The molecule has 1 heterocycles. The van der Waals surface area contributed by atoms with Gasteiger partial charge in [0.05, 0.1) is 6.61 Å². The Morgan fingerprint density at radius 2 is 2.04 bits per heavy atom. The smallest absolute Gasteiger partial charge is 0.410 e. The van der Waals surface area contributed by atoms with E-state index < -0.39 is 29.2 Å². The van der Waals surface area contributed by atoms with Crippen molar-refractivity contribution >= 4 is 18.0 Å². The van der Waals surface area contributed by atoms with Crippen molar-refractivity contribution in [2.24, 2.45) is 5.92 Å². The number of nitrogens with one attached hydrogen (secondary N) is 1. The maximum atomic E-state index is 12.7. The van der Waals surface area contributed by atoms with E-state index in [1.807, 2.05) is 0 Å². The molecule has 2 aliphatic rings. The normalized spacial score (nSPS) is 28.2. The molecule has 25 heavy (non-hydrogen) atoms. The minimum atomic E-state index is -1.04. The minimum absolute atomic E-state index is 0.146. The van der Waals surface area contributed by atoms with Gasteiger partial charge in [-0.15, -0.1) is 6.58 Å². The van der Waals surface area contributed by atoms with Crippen LogP contribution < -0.4 is 5.32 Å². The van der Waals surface area contributed by atoms with Crippen molar-refractivity contribution in [1.82, 2.24) is 10.2 Å². The van der Waals surface area contributed by atoms with Crippen molar-refractivity contribution in [3.63, 3.8) is 0 Å². The number of amides is 2. The molecule has 2 amide bonds. The standard InChI is InChI=1S/C18H28N2O5/c1-6-12-11-18(12,15(22)24-7-2)19-14(21)13-9-8-10-20(13)16(23)25-17(3,4)5/h6,12-13H,1,7-11H2,2-5H3,(H,19,21)/t12-,13+,18-/m1/s1. The van der Waals surface area contributed by atoms with Crippen molar-refractivity contribution < 1.29 is 23.9 Å². The summed E-state index contributed by atoms with van der Waals surface area (Å²) in [7, 11) is 0. The summed E-state index contributed by atoms with van der Waals surface area (Å²) < 4.78 is 10.5. The molecule has 0 aromatic carbocycles. The van der Waals surface area contributed by atoms with Gasteiger partial charge in [-0.25, -0.2) is 9.59 Å². The molecule has 1 N–H and O–H groups in total. The minimum Gasteiger partial charge on any atom is -0.464 e. The summed E-state index contributed by atoms with van der Waals surface area (Å²) in [4.78, 5) is 38.8. The third-order valence-corrected chi connectivity index (χ3v) is 4.47. The Labute approximate surface area is 148 Å². The van der Waals surface area contributed by atoms with Gasteiger partial charge in [0, 0.05) is 12.5 Å². The van der Waals surface area contributed by atoms with Crippen molar-refractivity contribution in [3.8, 4) is 0 Å². The van der Waals surface area contributed by atoms with Gasteiger partial charge < -0.3 is 14.8 Å². The monoisotopic (exact) mass is 352 g/mol. The first kappa shape index (κ1) is 19.3. The number of likely N-dealkylation sites (tertiary alicyclic amines) is 1. The molecule has 1 saturated carbocycles. The summed E-state index contributed by atoms with van der Waals surface area (Å²) >= 11 is 0. The number of carbonyl (C=O) groups is 3. The van der Waals surface area contributed by atoms with Gasteiger partial charge in [0.2, 0.25) is 5.91 Å². The Kier molecular flexibility index (Phi) is 5.44. The molecule has 0 radical (unpaired) electrons. The van der Waals surface area contributed by atoms with Crippen molar-refractivity contribution in [2.75, 3.05) is 13.2 Å². The first-order valence-electron chi connectivity index (χ1n) is 8.76. The van der Waals surface area contributed by atoms with E-state index in [2.05, 4.69) is 11.9 Å². The molecule has 0 spiro atoms. The average molecular weight is 352 g/mol. The number of esters is 1. The summed E-state index contributed by atoms with van der Waals surface area (Å²) in [6.45, 7) is 11.5. The van der Waals surface area contributed by atoms with E-state index in [0.29, 0.717) is 25.8 Å². The van der Waals surface area contributed by atoms with Crippen molar-refractivity contribution in [1.29, 1.82) is 0 Å². The molecular formula is C18H28N2O5. The molecule has 0 unspecified atom stereocenters. The van der Waals surface area contributed by atoms with Gasteiger partial charge in [-0.05, 0) is 47.0 Å². The molecule has 0 aromatic rings. The molecule has 140 valence electrons. The largest absolute Gasteiger partial charge is 0.464 e. The van der Waals surface area contributed by atoms with Crippen LogP contribution in [0, 0.1) is 5.92 Å². The summed E-state index contributed by atoms with van der Waals surface area (Å²) in [5, 5.41) is 2.81. The number of ether oxygens (including phenoxy) is 2. The molecule has 7 nitrogen and oxygen atoms in total. The third-order valence-electron chi connectivity index (χ3n) is 4.47. The van der Waals surface area contributed by atoms with Crippen LogP contribution in [0.2, 0.25) is 0 Å². The molecule has 0 aromatic heterocycles. The van der Waals surface area contributed by atoms with Crippen LogP contribution in [-0.4, -0.2) is 53.2 Å². The zero-order valence-corrected chi connectivity index (χ0v) is 15.5. The molecule has 3 atom stereocenters. The van der Waals surface area contributed by atoms with Gasteiger partial charge in [0.1, 0.15) is 17.2 Å². The lowest BCUT2D eigenvalue weighted by Gasteiger charge is -2.29. The Morgan fingerprint density at radius 1 is 1.36 bits per heavy atom. The van der Waals surface area contributed by atoms with Crippen LogP contribution in [-0.2, 0) is 19.1 Å². The van der Waals surface area contributed by atoms with Crippen LogP contribution in [0.25, 0.3) is 0 Å². The van der Waals surface area contributed by atoms with Crippen LogP contribution >= 0.6 is 0 Å². The predicted octanol–water partition coefficient (Wildman–Crippen LogP) is 2.01. The zero-order chi connectivity index (χ0) is 18.8. The van der Waals surface area contributed by atoms with Crippen molar-refractivity contribution in [3.05, 3.63) is 12.7 Å². The van der Waals surface area contributed by atoms with Gasteiger partial charge in [-0.2, -0.15) is 0 Å². The van der Waals surface area contributed by atoms with Crippen LogP contribution in [0.15, 0.2) is 12.7 Å². The quantitative estimate of drug-likeness (QED) is 0.604. The van der Waals surface area contributed by atoms with E-state index in [1.165, 1.54) is 4.90 Å². The summed E-state index contributed by atoms with van der Waals surface area (Å²) in [5.74, 6) is -0.942. The summed E-state index contributed by atoms with van der Waals surface area (Å²) in [6, 6.07) is -0.632. The molecule has 1 saturated heterocycles. The van der Waals surface area contributed by atoms with Gasteiger partial charge in [0.15, 0.2) is 0 Å². The van der Waals surface area contributed by atoms with E-state index >= 15 is 0 Å². The lowest BCUT2D eigenvalue weighted by molar-refractivity contribution is -0.149. The van der Waals surface area contributed by atoms with E-state index in [1.54, 1.807) is 33.8 Å². The summed E-state index contributed by atoms with van der Waals surface area (Å²) in [5.41, 5.74) is -1.67.